The molecular formula is C10H4BrCl2N3O3. The van der Waals surface area contributed by atoms with Crippen LogP contribution < -0.4 is 4.74 Å². The Morgan fingerprint density at radius 2 is 2.11 bits per heavy atom. The van der Waals surface area contributed by atoms with Crippen LogP contribution in [0.25, 0.3) is 0 Å². The molecule has 0 saturated heterocycles. The maximum absolute atomic E-state index is 10.9. The molecule has 19 heavy (non-hydrogen) atoms. The molecule has 98 valence electrons. The molecule has 6 nitrogen and oxygen atoms in total. The van der Waals surface area contributed by atoms with Gasteiger partial charge in [-0.3, -0.25) is 10.1 Å². The number of nitrogens with zero attached hydrogens (tertiary/aromatic N) is 3. The van der Waals surface area contributed by atoms with Crippen LogP contribution in [0.2, 0.25) is 10.3 Å². The fourth-order valence-electron chi connectivity index (χ4n) is 1.23. The van der Waals surface area contributed by atoms with Crippen LogP contribution in [0.4, 0.5) is 5.69 Å². The minimum atomic E-state index is -0.581. The zero-order chi connectivity index (χ0) is 14.0. The van der Waals surface area contributed by atoms with E-state index in [0.717, 1.165) is 0 Å². The summed E-state index contributed by atoms with van der Waals surface area (Å²) in [5.41, 5.74) is -0.231. The summed E-state index contributed by atoms with van der Waals surface area (Å²) < 4.78 is 5.76. The highest BCUT2D eigenvalue weighted by Gasteiger charge is 2.18. The topological polar surface area (TPSA) is 78.2 Å². The Hall–Kier alpha value is -1.44. The van der Waals surface area contributed by atoms with E-state index in [4.69, 9.17) is 27.9 Å². The molecule has 0 unspecified atom stereocenters. The van der Waals surface area contributed by atoms with Crippen LogP contribution in [0.5, 0.6) is 11.6 Å². The van der Waals surface area contributed by atoms with Crippen LogP contribution >= 0.6 is 39.1 Å². The van der Waals surface area contributed by atoms with E-state index in [0.29, 0.717) is 9.50 Å². The summed E-state index contributed by atoms with van der Waals surface area (Å²) in [5, 5.41) is 11.2. The highest BCUT2D eigenvalue weighted by molar-refractivity contribution is 9.10. The van der Waals surface area contributed by atoms with Crippen molar-refractivity contribution in [3.05, 3.63) is 49.3 Å². The highest BCUT2D eigenvalue weighted by Crippen LogP contribution is 2.35. The number of nitro benzene ring substituents is 1. The second kappa shape index (κ2) is 5.68. The van der Waals surface area contributed by atoms with E-state index < -0.39 is 4.92 Å². The number of benzene rings is 1. The first-order valence-electron chi connectivity index (χ1n) is 4.77. The van der Waals surface area contributed by atoms with Gasteiger partial charge in [0.2, 0.25) is 16.9 Å². The predicted octanol–water partition coefficient (Wildman–Crippen LogP) is 4.25. The summed E-state index contributed by atoms with van der Waals surface area (Å²) in [5.74, 6) is 0.0262. The van der Waals surface area contributed by atoms with E-state index >= 15 is 0 Å². The van der Waals surface area contributed by atoms with E-state index in [1.54, 1.807) is 0 Å². The van der Waals surface area contributed by atoms with E-state index in [-0.39, 0.29) is 22.6 Å². The Labute approximate surface area is 125 Å². The molecule has 0 spiro atoms. The molecule has 0 atom stereocenters. The van der Waals surface area contributed by atoms with Gasteiger partial charge in [0.25, 0.3) is 0 Å². The van der Waals surface area contributed by atoms with Gasteiger partial charge in [-0.1, -0.05) is 11.6 Å². The minimum absolute atomic E-state index is 0.0343. The molecule has 1 aromatic heterocycles. The van der Waals surface area contributed by atoms with Gasteiger partial charge in [-0.25, -0.2) is 4.98 Å². The Kier molecular flexibility index (Phi) is 4.18. The lowest BCUT2D eigenvalue weighted by Gasteiger charge is -2.07. The monoisotopic (exact) mass is 363 g/mol. The van der Waals surface area contributed by atoms with Gasteiger partial charge in [0.1, 0.15) is 0 Å². The molecule has 1 heterocycles. The number of nitro groups is 1. The molecule has 0 N–H and O–H groups in total. The van der Waals surface area contributed by atoms with Crippen molar-refractivity contribution in [2.24, 2.45) is 0 Å². The van der Waals surface area contributed by atoms with Crippen LogP contribution in [0.3, 0.4) is 0 Å². The maximum atomic E-state index is 10.9. The first kappa shape index (κ1) is 14.0. The smallest absolute Gasteiger partial charge is 0.311 e. The minimum Gasteiger partial charge on any atom is -0.430 e. The summed E-state index contributed by atoms with van der Waals surface area (Å²) in [6.07, 6.45) is 1.38. The second-order valence-corrected chi connectivity index (χ2v) is 4.89. The maximum Gasteiger partial charge on any atom is 0.311 e. The van der Waals surface area contributed by atoms with Crippen molar-refractivity contribution < 1.29 is 9.66 Å². The largest absolute Gasteiger partial charge is 0.430 e. The number of hydrogen-bond donors (Lipinski definition) is 0. The van der Waals surface area contributed by atoms with Crippen LogP contribution in [0, 0.1) is 10.1 Å². The average molecular weight is 365 g/mol. The SMILES string of the molecule is O=[N+]([O-])c1ccc(Cl)cc1Oc1nc(Cl)ncc1Br. The van der Waals surface area contributed by atoms with Gasteiger partial charge in [0.05, 0.1) is 9.40 Å². The molecular weight excluding hydrogens is 361 g/mol. The average Bonchev–Trinajstić information content (AvgIpc) is 2.33. The third-order valence-electron chi connectivity index (χ3n) is 2.01. The summed E-state index contributed by atoms with van der Waals surface area (Å²) in [6, 6.07) is 3.96. The van der Waals surface area contributed by atoms with Crippen LogP contribution in [0.1, 0.15) is 0 Å². The van der Waals surface area contributed by atoms with Crippen molar-refractivity contribution in [1.82, 2.24) is 9.97 Å². The van der Waals surface area contributed by atoms with Crippen molar-refractivity contribution in [2.75, 3.05) is 0 Å². The number of ether oxygens (including phenoxy) is 1. The second-order valence-electron chi connectivity index (χ2n) is 3.26. The van der Waals surface area contributed by atoms with E-state index in [9.17, 15) is 10.1 Å². The third kappa shape index (κ3) is 3.31. The van der Waals surface area contributed by atoms with Gasteiger partial charge in [0.15, 0.2) is 0 Å². The molecule has 0 saturated carbocycles. The van der Waals surface area contributed by atoms with Crippen LogP contribution in [-0.4, -0.2) is 14.9 Å². The molecule has 0 bridgehead atoms. The van der Waals surface area contributed by atoms with E-state index in [2.05, 4.69) is 25.9 Å². The zero-order valence-electron chi connectivity index (χ0n) is 9.01. The molecule has 1 aromatic carbocycles. The Bertz CT molecular complexity index is 654. The van der Waals surface area contributed by atoms with Gasteiger partial charge >= 0.3 is 5.69 Å². The number of halogens is 3. The molecule has 0 aliphatic carbocycles. The fourth-order valence-corrected chi connectivity index (χ4v) is 1.79. The number of hydrogen-bond acceptors (Lipinski definition) is 5. The lowest BCUT2D eigenvalue weighted by molar-refractivity contribution is -0.385. The van der Waals surface area contributed by atoms with Crippen molar-refractivity contribution in [1.29, 1.82) is 0 Å². The van der Waals surface area contributed by atoms with Gasteiger partial charge in [0, 0.05) is 23.4 Å². The van der Waals surface area contributed by atoms with Crippen molar-refractivity contribution in [2.45, 2.75) is 0 Å². The summed E-state index contributed by atoms with van der Waals surface area (Å²) >= 11 is 14.6. The van der Waals surface area contributed by atoms with Crippen LogP contribution in [0.15, 0.2) is 28.9 Å². The molecule has 0 aliphatic rings. The summed E-state index contributed by atoms with van der Waals surface area (Å²) in [7, 11) is 0. The fraction of sp³-hybridized carbons (Fsp3) is 0. The van der Waals surface area contributed by atoms with Gasteiger partial charge in [-0.2, -0.15) is 4.98 Å². The molecule has 0 amide bonds. The standard InChI is InChI=1S/C10H4BrCl2N3O3/c11-6-4-14-10(13)15-9(6)19-8-3-5(12)1-2-7(8)16(17)18/h1-4H. The zero-order valence-corrected chi connectivity index (χ0v) is 12.1. The molecule has 0 fully saturated rings. The highest BCUT2D eigenvalue weighted by atomic mass is 79.9. The summed E-state index contributed by atoms with van der Waals surface area (Å²) in [4.78, 5) is 17.8. The van der Waals surface area contributed by atoms with Gasteiger partial charge in [-0.05, 0) is 33.6 Å². The Morgan fingerprint density at radius 1 is 1.37 bits per heavy atom. The number of rotatable bonds is 3. The van der Waals surface area contributed by atoms with Crippen molar-refractivity contribution >= 4 is 44.8 Å². The quantitative estimate of drug-likeness (QED) is 0.462. The summed E-state index contributed by atoms with van der Waals surface area (Å²) in [6.45, 7) is 0. The third-order valence-corrected chi connectivity index (χ3v) is 2.97. The molecule has 9 heteroatoms. The molecule has 2 rings (SSSR count). The Balaban J connectivity index is 2.45. The predicted molar refractivity (Wildman–Crippen MR) is 72.9 cm³/mol. The molecule has 2 aromatic rings. The van der Waals surface area contributed by atoms with Gasteiger partial charge < -0.3 is 4.74 Å². The van der Waals surface area contributed by atoms with Crippen LogP contribution in [-0.2, 0) is 0 Å². The first-order valence-corrected chi connectivity index (χ1v) is 6.32. The van der Waals surface area contributed by atoms with Gasteiger partial charge in [-0.15, -0.1) is 0 Å². The van der Waals surface area contributed by atoms with Crippen molar-refractivity contribution in [3.8, 4) is 11.6 Å². The molecule has 0 aliphatic heterocycles. The Morgan fingerprint density at radius 3 is 2.79 bits per heavy atom. The van der Waals surface area contributed by atoms with E-state index in [1.165, 1.54) is 24.4 Å². The van der Waals surface area contributed by atoms with E-state index in [1.807, 2.05) is 0 Å². The normalized spacial score (nSPS) is 10.3. The lowest BCUT2D eigenvalue weighted by atomic mass is 10.3. The lowest BCUT2D eigenvalue weighted by Crippen LogP contribution is -1.96. The molecule has 0 radical (unpaired) electrons. The number of aromatic nitrogens is 2. The first-order chi connectivity index (χ1) is 8.97. The van der Waals surface area contributed by atoms with Crippen molar-refractivity contribution in [3.63, 3.8) is 0 Å².